The van der Waals surface area contributed by atoms with Gasteiger partial charge in [-0.25, -0.2) is 8.42 Å². The highest BCUT2D eigenvalue weighted by molar-refractivity contribution is 8.16. The predicted molar refractivity (Wildman–Crippen MR) is 95.7 cm³/mol. The number of hydrogen-bond donors (Lipinski definition) is 0. The highest BCUT2D eigenvalue weighted by Gasteiger charge is 2.49. The number of hydrogen-bond acceptors (Lipinski definition) is 4. The van der Waals surface area contributed by atoms with Crippen molar-refractivity contribution in [3.8, 4) is 0 Å². The number of amidine groups is 1. The van der Waals surface area contributed by atoms with Crippen LogP contribution in [-0.2, 0) is 14.6 Å². The van der Waals surface area contributed by atoms with Gasteiger partial charge in [-0.3, -0.25) is 4.79 Å². The molecule has 0 bridgehead atoms. The van der Waals surface area contributed by atoms with E-state index < -0.39 is 15.7 Å². The molecule has 1 amide bonds. The molecule has 0 saturated carbocycles. The van der Waals surface area contributed by atoms with E-state index in [-0.39, 0.29) is 28.7 Å². The number of nitrogens with zero attached hydrogens (tertiary/aromatic N) is 2. The Kier molecular flexibility index (Phi) is 4.66. The second-order valence-corrected chi connectivity index (χ2v) is 9.59. The quantitative estimate of drug-likeness (QED) is 0.723. The van der Waals surface area contributed by atoms with Gasteiger partial charge < -0.3 is 4.90 Å². The molecule has 0 radical (unpaired) electrons. The van der Waals surface area contributed by atoms with Gasteiger partial charge in [-0.2, -0.15) is 4.99 Å². The van der Waals surface area contributed by atoms with E-state index in [1.807, 2.05) is 17.9 Å². The molecular formula is C14H14Cl2N2O3S2. The van der Waals surface area contributed by atoms with Crippen molar-refractivity contribution < 1.29 is 13.2 Å². The Hall–Kier alpha value is -0.760. The van der Waals surface area contributed by atoms with E-state index in [2.05, 4.69) is 4.99 Å². The van der Waals surface area contributed by atoms with Crippen LogP contribution in [0.1, 0.15) is 5.56 Å². The maximum Gasteiger partial charge on any atom is 0.262 e. The van der Waals surface area contributed by atoms with Crippen LogP contribution < -0.4 is 4.90 Å². The van der Waals surface area contributed by atoms with Gasteiger partial charge in [-0.05, 0) is 24.6 Å². The number of carbonyl (C=O) groups excluding carboxylic acids is 1. The van der Waals surface area contributed by atoms with E-state index in [9.17, 15) is 13.2 Å². The second kappa shape index (κ2) is 6.27. The summed E-state index contributed by atoms with van der Waals surface area (Å²) in [5.74, 6) is -0.515. The van der Waals surface area contributed by atoms with Crippen molar-refractivity contribution in [2.24, 2.45) is 4.99 Å². The zero-order chi connectivity index (χ0) is 16.8. The topological polar surface area (TPSA) is 66.8 Å². The largest absolute Gasteiger partial charge is 0.315 e. The molecule has 0 aromatic heterocycles. The fraction of sp³-hybridized carbons (Fsp3) is 0.429. The summed E-state index contributed by atoms with van der Waals surface area (Å²) >= 11 is 13.0. The van der Waals surface area contributed by atoms with Crippen LogP contribution in [0.25, 0.3) is 0 Å². The molecule has 2 fully saturated rings. The number of aliphatic imine (C=N–C) groups is 1. The van der Waals surface area contributed by atoms with Crippen molar-refractivity contribution in [3.63, 3.8) is 0 Å². The summed E-state index contributed by atoms with van der Waals surface area (Å²) in [6, 6.07) is 5.16. The van der Waals surface area contributed by atoms with Gasteiger partial charge >= 0.3 is 0 Å². The molecule has 0 unspecified atom stereocenters. The smallest absolute Gasteiger partial charge is 0.262 e. The number of aryl methyl sites for hydroxylation is 1. The molecule has 23 heavy (non-hydrogen) atoms. The van der Waals surface area contributed by atoms with Crippen LogP contribution in [0.15, 0.2) is 23.2 Å². The Morgan fingerprint density at radius 2 is 2.17 bits per heavy atom. The SMILES string of the molecule is Cc1ccc(Cl)cc1N1C(=NC(=O)CCl)S[C@@H]2CS(=O)(=O)C[C@H]21. The van der Waals surface area contributed by atoms with E-state index in [4.69, 9.17) is 23.2 Å². The maximum atomic E-state index is 12.0. The summed E-state index contributed by atoms with van der Waals surface area (Å²) in [7, 11) is -3.09. The Morgan fingerprint density at radius 3 is 2.87 bits per heavy atom. The Labute approximate surface area is 149 Å². The van der Waals surface area contributed by atoms with E-state index in [1.165, 1.54) is 11.8 Å². The molecular weight excluding hydrogens is 379 g/mol. The lowest BCUT2D eigenvalue weighted by Crippen LogP contribution is -2.38. The molecule has 0 aliphatic carbocycles. The third-order valence-corrected chi connectivity index (χ3v) is 7.51. The summed E-state index contributed by atoms with van der Waals surface area (Å²) in [5, 5.41) is 0.897. The molecule has 2 heterocycles. The first-order chi connectivity index (χ1) is 10.8. The lowest BCUT2D eigenvalue weighted by atomic mass is 10.1. The monoisotopic (exact) mass is 392 g/mol. The molecule has 2 aliphatic heterocycles. The van der Waals surface area contributed by atoms with Gasteiger partial charge in [0.1, 0.15) is 5.88 Å². The highest BCUT2D eigenvalue weighted by atomic mass is 35.5. The third kappa shape index (κ3) is 3.38. The number of amides is 1. The number of carbonyl (C=O) groups is 1. The summed E-state index contributed by atoms with van der Waals surface area (Å²) in [6.45, 7) is 1.91. The number of sulfone groups is 1. The average molecular weight is 393 g/mol. The average Bonchev–Trinajstić information content (AvgIpc) is 2.92. The lowest BCUT2D eigenvalue weighted by Gasteiger charge is -2.26. The molecule has 1 aromatic carbocycles. The van der Waals surface area contributed by atoms with Crippen molar-refractivity contribution in [1.29, 1.82) is 0 Å². The molecule has 1 aromatic rings. The van der Waals surface area contributed by atoms with Crippen LogP contribution in [0.5, 0.6) is 0 Å². The number of anilines is 1. The zero-order valence-corrected chi connectivity index (χ0v) is 15.3. The van der Waals surface area contributed by atoms with Crippen molar-refractivity contribution in [1.82, 2.24) is 0 Å². The molecule has 2 saturated heterocycles. The minimum atomic E-state index is -3.09. The number of rotatable bonds is 2. The van der Waals surface area contributed by atoms with Crippen LogP contribution >= 0.6 is 35.0 Å². The number of thioether (sulfide) groups is 1. The van der Waals surface area contributed by atoms with Gasteiger partial charge in [0.2, 0.25) is 0 Å². The molecule has 2 atom stereocenters. The molecule has 9 heteroatoms. The number of benzene rings is 1. The Bertz CT molecular complexity index is 795. The minimum Gasteiger partial charge on any atom is -0.315 e. The first-order valence-corrected chi connectivity index (χ1v) is 10.5. The number of fused-ring (bicyclic) bond motifs is 1. The molecule has 0 spiro atoms. The van der Waals surface area contributed by atoms with Crippen molar-refractivity contribution in [3.05, 3.63) is 28.8 Å². The molecule has 124 valence electrons. The van der Waals surface area contributed by atoms with Crippen LogP contribution in [0.3, 0.4) is 0 Å². The van der Waals surface area contributed by atoms with Crippen LogP contribution in [0.4, 0.5) is 5.69 Å². The molecule has 2 aliphatic rings. The van der Waals surface area contributed by atoms with Crippen LogP contribution in [0.2, 0.25) is 5.02 Å². The van der Waals surface area contributed by atoms with E-state index in [0.717, 1.165) is 11.3 Å². The normalized spacial score (nSPS) is 27.4. The van der Waals surface area contributed by atoms with Crippen LogP contribution in [-0.4, -0.2) is 48.2 Å². The van der Waals surface area contributed by atoms with Crippen molar-refractivity contribution in [2.45, 2.75) is 18.2 Å². The van der Waals surface area contributed by atoms with Crippen LogP contribution in [0, 0.1) is 6.92 Å². The molecule has 3 rings (SSSR count). The van der Waals surface area contributed by atoms with Gasteiger partial charge in [0, 0.05) is 16.0 Å². The van der Waals surface area contributed by atoms with E-state index in [1.54, 1.807) is 12.1 Å². The highest BCUT2D eigenvalue weighted by Crippen LogP contribution is 2.42. The van der Waals surface area contributed by atoms with Gasteiger partial charge in [0.05, 0.1) is 17.5 Å². The van der Waals surface area contributed by atoms with Crippen molar-refractivity contribution in [2.75, 3.05) is 22.3 Å². The fourth-order valence-electron chi connectivity index (χ4n) is 2.82. The van der Waals surface area contributed by atoms with Gasteiger partial charge in [0.15, 0.2) is 15.0 Å². The second-order valence-electron chi connectivity index (χ2n) is 5.52. The standard InChI is InChI=1S/C14H14Cl2N2O3S2/c1-8-2-3-9(16)4-10(8)18-11-6-23(20,21)7-12(11)22-14(18)17-13(19)5-15/h2-4,11-12H,5-7H2,1H3/t11-,12-/m1/s1. The van der Waals surface area contributed by atoms with E-state index in [0.29, 0.717) is 10.2 Å². The predicted octanol–water partition coefficient (Wildman–Crippen LogP) is 2.49. The first-order valence-electron chi connectivity index (χ1n) is 6.90. The summed E-state index contributed by atoms with van der Waals surface area (Å²) < 4.78 is 23.9. The Morgan fingerprint density at radius 1 is 1.43 bits per heavy atom. The summed E-state index contributed by atoms with van der Waals surface area (Å²) in [4.78, 5) is 17.5. The van der Waals surface area contributed by atoms with Gasteiger partial charge in [0.25, 0.3) is 5.91 Å². The summed E-state index contributed by atoms with van der Waals surface area (Å²) in [6.07, 6.45) is 0. The van der Waals surface area contributed by atoms with Gasteiger partial charge in [-0.15, -0.1) is 11.6 Å². The summed E-state index contributed by atoms with van der Waals surface area (Å²) in [5.41, 5.74) is 1.71. The zero-order valence-electron chi connectivity index (χ0n) is 12.2. The van der Waals surface area contributed by atoms with E-state index >= 15 is 0 Å². The molecule has 5 nitrogen and oxygen atoms in total. The Balaban J connectivity index is 2.08. The number of alkyl halides is 1. The first kappa shape index (κ1) is 17.1. The van der Waals surface area contributed by atoms with Crippen molar-refractivity contribution >= 4 is 61.6 Å². The number of halogens is 2. The lowest BCUT2D eigenvalue weighted by molar-refractivity contribution is -0.115. The minimum absolute atomic E-state index is 0.0463. The van der Waals surface area contributed by atoms with Gasteiger partial charge in [-0.1, -0.05) is 29.4 Å². The third-order valence-electron chi connectivity index (χ3n) is 3.83. The molecule has 0 N–H and O–H groups in total. The maximum absolute atomic E-state index is 12.0. The fourth-order valence-corrected chi connectivity index (χ4v) is 6.98.